The van der Waals surface area contributed by atoms with Crippen LogP contribution in [0.15, 0.2) is 0 Å². The van der Waals surface area contributed by atoms with Crippen molar-refractivity contribution in [2.24, 2.45) is 0 Å². The van der Waals surface area contributed by atoms with E-state index in [9.17, 15) is 22.8 Å². The first kappa shape index (κ1) is 12.8. The maximum absolute atomic E-state index is 12.1. The second kappa shape index (κ2) is 4.85. The topological polar surface area (TPSA) is 34.1 Å². The zero-order valence-corrected chi connectivity index (χ0v) is 8.09. The van der Waals surface area contributed by atoms with Crippen LogP contribution in [-0.4, -0.2) is 21.8 Å². The number of alkyl halides is 3. The lowest BCUT2D eigenvalue weighted by molar-refractivity contribution is -0.136. The molecule has 1 atom stereocenters. The molecule has 0 fully saturated rings. The molecule has 0 bridgehead atoms. The predicted molar refractivity (Wildman–Crippen MR) is 43.6 cm³/mol. The van der Waals surface area contributed by atoms with Gasteiger partial charge >= 0.3 is 6.18 Å². The average Bonchev–Trinajstić information content (AvgIpc) is 1.81. The van der Waals surface area contributed by atoms with Crippen molar-refractivity contribution >= 4 is 33.7 Å². The monoisotopic (exact) mass is 234 g/mol. The second-order valence-corrected chi connectivity index (χ2v) is 4.00. The number of carbonyl (C=O) groups is 2. The van der Waals surface area contributed by atoms with Gasteiger partial charge in [-0.1, -0.05) is 11.8 Å². The minimum atomic E-state index is -4.58. The number of hydrogen-bond acceptors (Lipinski definition) is 3. The molecule has 2 nitrogen and oxygen atoms in total. The van der Waals surface area contributed by atoms with Crippen molar-refractivity contribution in [3.8, 4) is 0 Å². The van der Waals surface area contributed by atoms with Crippen LogP contribution in [0.3, 0.4) is 0 Å². The number of halogens is 4. The van der Waals surface area contributed by atoms with Gasteiger partial charge in [0.2, 0.25) is 5.24 Å². The Hall–Kier alpha value is -0.230. The van der Waals surface area contributed by atoms with Crippen LogP contribution in [0.5, 0.6) is 0 Å². The van der Waals surface area contributed by atoms with E-state index in [4.69, 9.17) is 11.6 Å². The molecule has 0 amide bonds. The van der Waals surface area contributed by atoms with E-state index in [0.717, 1.165) is 6.92 Å². The van der Waals surface area contributed by atoms with Gasteiger partial charge in [0.25, 0.3) is 0 Å². The zero-order valence-electron chi connectivity index (χ0n) is 6.52. The molecule has 1 unspecified atom stereocenters. The van der Waals surface area contributed by atoms with Crippen LogP contribution in [0.4, 0.5) is 13.2 Å². The van der Waals surface area contributed by atoms with Crippen molar-refractivity contribution in [2.45, 2.75) is 24.8 Å². The van der Waals surface area contributed by atoms with Crippen LogP contribution in [0.2, 0.25) is 0 Å². The van der Waals surface area contributed by atoms with Crippen molar-refractivity contribution in [1.82, 2.24) is 0 Å². The summed E-state index contributed by atoms with van der Waals surface area (Å²) >= 11 is 4.86. The van der Waals surface area contributed by atoms with Crippen molar-refractivity contribution in [2.75, 3.05) is 0 Å². The molecule has 0 radical (unpaired) electrons. The highest BCUT2D eigenvalue weighted by Gasteiger charge is 2.41. The standard InChI is InChI=1S/C6H6ClF3O2S/c1-3(11)13-4(2-5(7)12)6(8,9)10/h4H,2H2,1H3. The number of rotatable bonds is 3. The summed E-state index contributed by atoms with van der Waals surface area (Å²) in [6.07, 6.45) is -5.46. The van der Waals surface area contributed by atoms with E-state index in [-0.39, 0.29) is 11.8 Å². The molecule has 0 rings (SSSR count). The van der Waals surface area contributed by atoms with E-state index >= 15 is 0 Å². The second-order valence-electron chi connectivity index (χ2n) is 2.20. The van der Waals surface area contributed by atoms with Gasteiger partial charge in [0, 0.05) is 13.3 Å². The van der Waals surface area contributed by atoms with Crippen molar-refractivity contribution < 1.29 is 22.8 Å². The Kier molecular flexibility index (Phi) is 4.77. The number of carbonyl (C=O) groups excluding carboxylic acids is 2. The van der Waals surface area contributed by atoms with E-state index in [0.29, 0.717) is 0 Å². The largest absolute Gasteiger partial charge is 0.401 e. The Morgan fingerprint density at radius 1 is 1.46 bits per heavy atom. The maximum atomic E-state index is 12.1. The molecule has 0 aromatic rings. The first-order valence-electron chi connectivity index (χ1n) is 3.15. The van der Waals surface area contributed by atoms with Crippen molar-refractivity contribution in [3.63, 3.8) is 0 Å². The lowest BCUT2D eigenvalue weighted by Crippen LogP contribution is -2.28. The normalized spacial score (nSPS) is 13.9. The van der Waals surface area contributed by atoms with Gasteiger partial charge in [-0.25, -0.2) is 0 Å². The Balaban J connectivity index is 4.37. The molecule has 0 aliphatic carbocycles. The first-order valence-corrected chi connectivity index (χ1v) is 4.41. The number of hydrogen-bond donors (Lipinski definition) is 0. The summed E-state index contributed by atoms with van der Waals surface area (Å²) in [6.45, 7) is 1.00. The van der Waals surface area contributed by atoms with Gasteiger partial charge in [-0.2, -0.15) is 13.2 Å². The maximum Gasteiger partial charge on any atom is 0.401 e. The zero-order chi connectivity index (χ0) is 10.6. The summed E-state index contributed by atoms with van der Waals surface area (Å²) in [7, 11) is 0. The Bertz CT molecular complexity index is 200. The van der Waals surface area contributed by atoms with E-state index in [1.54, 1.807) is 0 Å². The molecule has 0 saturated heterocycles. The molecule has 76 valence electrons. The molecular weight excluding hydrogens is 229 g/mol. The quantitative estimate of drug-likeness (QED) is 0.703. The van der Waals surface area contributed by atoms with Gasteiger partial charge in [-0.05, 0) is 11.6 Å². The highest BCUT2D eigenvalue weighted by Crippen LogP contribution is 2.33. The van der Waals surface area contributed by atoms with Gasteiger partial charge in [-0.15, -0.1) is 0 Å². The third-order valence-corrected chi connectivity index (χ3v) is 2.22. The molecule has 13 heavy (non-hydrogen) atoms. The molecule has 7 heteroatoms. The minimum Gasteiger partial charge on any atom is -0.288 e. The van der Waals surface area contributed by atoms with Crippen LogP contribution in [0, 0.1) is 0 Å². The molecule has 0 aromatic carbocycles. The van der Waals surface area contributed by atoms with Crippen molar-refractivity contribution in [3.05, 3.63) is 0 Å². The minimum absolute atomic E-state index is 0.0656. The van der Waals surface area contributed by atoms with Gasteiger partial charge in [0.1, 0.15) is 5.25 Å². The summed E-state index contributed by atoms with van der Waals surface area (Å²) in [5.74, 6) is 0. The fraction of sp³-hybridized carbons (Fsp3) is 0.667. The van der Waals surface area contributed by atoms with Crippen LogP contribution < -0.4 is 0 Å². The van der Waals surface area contributed by atoms with Gasteiger partial charge in [0.15, 0.2) is 5.12 Å². The molecule has 0 aliphatic heterocycles. The fourth-order valence-electron chi connectivity index (χ4n) is 0.570. The molecular formula is C6H6ClF3O2S. The Labute approximate surface area is 81.8 Å². The summed E-state index contributed by atoms with van der Waals surface area (Å²) in [4.78, 5) is 20.6. The van der Waals surface area contributed by atoms with Crippen LogP contribution >= 0.6 is 23.4 Å². The molecule has 0 N–H and O–H groups in total. The Morgan fingerprint density at radius 3 is 2.15 bits per heavy atom. The highest BCUT2D eigenvalue weighted by molar-refractivity contribution is 8.14. The Morgan fingerprint density at radius 2 is 1.92 bits per heavy atom. The van der Waals surface area contributed by atoms with E-state index in [2.05, 4.69) is 0 Å². The summed E-state index contributed by atoms with van der Waals surface area (Å²) < 4.78 is 36.2. The molecule has 0 spiro atoms. The van der Waals surface area contributed by atoms with Crippen LogP contribution in [-0.2, 0) is 9.59 Å². The predicted octanol–water partition coefficient (Wildman–Crippen LogP) is 2.35. The van der Waals surface area contributed by atoms with E-state index in [1.165, 1.54) is 0 Å². The lowest BCUT2D eigenvalue weighted by Gasteiger charge is -2.15. The third-order valence-electron chi connectivity index (χ3n) is 1.02. The van der Waals surface area contributed by atoms with Gasteiger partial charge < -0.3 is 0 Å². The molecule has 0 aromatic heterocycles. The highest BCUT2D eigenvalue weighted by atomic mass is 35.5. The van der Waals surface area contributed by atoms with Gasteiger partial charge in [0.05, 0.1) is 0 Å². The molecule has 0 heterocycles. The van der Waals surface area contributed by atoms with E-state index < -0.39 is 28.2 Å². The number of thioether (sulfide) groups is 1. The van der Waals surface area contributed by atoms with Crippen LogP contribution in [0.1, 0.15) is 13.3 Å². The average molecular weight is 235 g/mol. The fourth-order valence-corrected chi connectivity index (χ4v) is 1.59. The first-order chi connectivity index (χ1) is 5.73. The SMILES string of the molecule is CC(=O)SC(CC(=O)Cl)C(F)(F)F. The third kappa shape index (κ3) is 5.93. The lowest BCUT2D eigenvalue weighted by atomic mass is 10.3. The van der Waals surface area contributed by atoms with Crippen molar-refractivity contribution in [1.29, 1.82) is 0 Å². The molecule has 0 saturated carbocycles. The van der Waals surface area contributed by atoms with Crippen LogP contribution in [0.25, 0.3) is 0 Å². The smallest absolute Gasteiger partial charge is 0.288 e. The van der Waals surface area contributed by atoms with Gasteiger partial charge in [-0.3, -0.25) is 9.59 Å². The summed E-state index contributed by atoms with van der Waals surface area (Å²) in [5, 5.41) is -3.83. The summed E-state index contributed by atoms with van der Waals surface area (Å²) in [6, 6.07) is 0. The van der Waals surface area contributed by atoms with E-state index in [1.807, 2.05) is 0 Å². The summed E-state index contributed by atoms with van der Waals surface area (Å²) in [5.41, 5.74) is 0. The molecule has 0 aliphatic rings.